The summed E-state index contributed by atoms with van der Waals surface area (Å²) >= 11 is 1.55. The highest BCUT2D eigenvalue weighted by Gasteiger charge is 2.10. The van der Waals surface area contributed by atoms with Gasteiger partial charge in [-0.2, -0.15) is 4.98 Å². The molecular weight excluding hydrogens is 262 g/mol. The molecule has 7 heteroatoms. The summed E-state index contributed by atoms with van der Waals surface area (Å²) in [4.78, 5) is 13.7. The number of aryl methyl sites for hydroxylation is 2. The average Bonchev–Trinajstić information content (AvgIpc) is 2.96. The predicted octanol–water partition coefficient (Wildman–Crippen LogP) is 2.95. The predicted molar refractivity (Wildman–Crippen MR) is 72.4 cm³/mol. The third-order valence-electron chi connectivity index (χ3n) is 2.36. The van der Waals surface area contributed by atoms with Crippen molar-refractivity contribution in [3.63, 3.8) is 0 Å². The van der Waals surface area contributed by atoms with Crippen molar-refractivity contribution >= 4 is 23.2 Å². The van der Waals surface area contributed by atoms with E-state index >= 15 is 0 Å². The van der Waals surface area contributed by atoms with Crippen LogP contribution in [-0.2, 0) is 0 Å². The third kappa shape index (κ3) is 2.60. The van der Waals surface area contributed by atoms with Crippen LogP contribution < -0.4 is 5.32 Å². The lowest BCUT2D eigenvalue weighted by atomic mass is 10.4. The molecule has 0 aliphatic carbocycles. The van der Waals surface area contributed by atoms with E-state index in [1.165, 1.54) is 0 Å². The van der Waals surface area contributed by atoms with E-state index in [1.54, 1.807) is 11.3 Å². The van der Waals surface area contributed by atoms with Crippen molar-refractivity contribution in [2.24, 2.45) is 0 Å². The van der Waals surface area contributed by atoms with Gasteiger partial charge in [0.2, 0.25) is 5.95 Å². The second-order valence-electron chi connectivity index (χ2n) is 4.00. The normalized spacial score (nSPS) is 10.6. The summed E-state index contributed by atoms with van der Waals surface area (Å²) in [5, 5.41) is 8.75. The van der Waals surface area contributed by atoms with Crippen LogP contribution in [0.15, 0.2) is 28.1 Å². The molecule has 96 valence electrons. The van der Waals surface area contributed by atoms with Crippen molar-refractivity contribution < 1.29 is 4.52 Å². The summed E-state index contributed by atoms with van der Waals surface area (Å²) in [7, 11) is 0. The van der Waals surface area contributed by atoms with E-state index in [0.717, 1.165) is 16.3 Å². The van der Waals surface area contributed by atoms with Crippen LogP contribution in [0, 0.1) is 13.8 Å². The van der Waals surface area contributed by atoms with E-state index in [-0.39, 0.29) is 0 Å². The Morgan fingerprint density at radius 3 is 2.58 bits per heavy atom. The van der Waals surface area contributed by atoms with Crippen molar-refractivity contribution in [2.45, 2.75) is 13.8 Å². The average molecular weight is 273 g/mol. The largest absolute Gasteiger partial charge is 0.331 e. The Bertz CT molecular complexity index is 672. The summed E-state index contributed by atoms with van der Waals surface area (Å²) in [6.07, 6.45) is 0. The zero-order chi connectivity index (χ0) is 13.2. The number of hydrogen-bond acceptors (Lipinski definition) is 7. The molecule has 0 saturated carbocycles. The first kappa shape index (κ1) is 11.8. The van der Waals surface area contributed by atoms with E-state index in [2.05, 4.69) is 25.4 Å². The highest BCUT2D eigenvalue weighted by Crippen LogP contribution is 2.24. The van der Waals surface area contributed by atoms with Gasteiger partial charge in [0.1, 0.15) is 0 Å². The highest BCUT2D eigenvalue weighted by atomic mass is 32.1. The molecule has 3 aromatic rings. The number of nitrogens with zero attached hydrogens (tertiary/aromatic N) is 4. The lowest BCUT2D eigenvalue weighted by Crippen LogP contribution is -2.01. The van der Waals surface area contributed by atoms with Crippen LogP contribution in [0.2, 0.25) is 0 Å². The first-order valence-electron chi connectivity index (χ1n) is 5.67. The molecule has 0 spiro atoms. The Kier molecular flexibility index (Phi) is 2.96. The SMILES string of the molecule is Cc1cc(C)nc(Nc2noc(-c3cccs3)n2)n1. The van der Waals surface area contributed by atoms with Gasteiger partial charge in [0, 0.05) is 11.4 Å². The van der Waals surface area contributed by atoms with Gasteiger partial charge < -0.3 is 4.52 Å². The second-order valence-corrected chi connectivity index (χ2v) is 4.95. The molecule has 0 aliphatic heterocycles. The standard InChI is InChI=1S/C12H11N5OS/c1-7-6-8(2)14-11(13-7)16-12-15-10(18-17-12)9-4-3-5-19-9/h3-6H,1-2H3,(H,13,14,16,17). The van der Waals surface area contributed by atoms with Crippen LogP contribution in [0.1, 0.15) is 11.4 Å². The summed E-state index contributed by atoms with van der Waals surface area (Å²) in [6.45, 7) is 3.82. The maximum atomic E-state index is 5.17. The van der Waals surface area contributed by atoms with Gasteiger partial charge in [-0.05, 0) is 36.5 Å². The highest BCUT2D eigenvalue weighted by molar-refractivity contribution is 7.13. The molecule has 3 rings (SSSR count). The molecule has 0 amide bonds. The molecule has 3 aromatic heterocycles. The van der Waals surface area contributed by atoms with E-state index in [1.807, 2.05) is 37.4 Å². The molecule has 0 saturated heterocycles. The number of anilines is 2. The van der Waals surface area contributed by atoms with Crippen molar-refractivity contribution in [3.05, 3.63) is 35.0 Å². The Balaban J connectivity index is 1.84. The smallest absolute Gasteiger partial charge is 0.270 e. The van der Waals surface area contributed by atoms with Gasteiger partial charge in [0.05, 0.1) is 4.88 Å². The van der Waals surface area contributed by atoms with Crippen molar-refractivity contribution in [1.29, 1.82) is 0 Å². The lowest BCUT2D eigenvalue weighted by Gasteiger charge is -2.01. The molecule has 0 fully saturated rings. The number of rotatable bonds is 3. The van der Waals surface area contributed by atoms with E-state index < -0.39 is 0 Å². The lowest BCUT2D eigenvalue weighted by molar-refractivity contribution is 0.433. The maximum absolute atomic E-state index is 5.17. The molecule has 0 aromatic carbocycles. The van der Waals surface area contributed by atoms with Crippen LogP contribution in [0.4, 0.5) is 11.9 Å². The Morgan fingerprint density at radius 2 is 1.89 bits per heavy atom. The summed E-state index contributed by atoms with van der Waals surface area (Å²) < 4.78 is 5.17. The monoisotopic (exact) mass is 273 g/mol. The maximum Gasteiger partial charge on any atom is 0.270 e. The summed E-state index contributed by atoms with van der Waals surface area (Å²) in [6, 6.07) is 5.76. The van der Waals surface area contributed by atoms with Crippen LogP contribution >= 0.6 is 11.3 Å². The molecule has 0 radical (unpaired) electrons. The topological polar surface area (TPSA) is 76.7 Å². The van der Waals surface area contributed by atoms with Crippen molar-refractivity contribution in [3.8, 4) is 10.8 Å². The van der Waals surface area contributed by atoms with Crippen LogP contribution in [0.5, 0.6) is 0 Å². The minimum atomic E-state index is 0.355. The molecule has 3 heterocycles. The molecular formula is C12H11N5OS. The zero-order valence-electron chi connectivity index (χ0n) is 10.4. The molecule has 0 aliphatic rings. The fourth-order valence-electron chi connectivity index (χ4n) is 1.66. The number of aromatic nitrogens is 4. The summed E-state index contributed by atoms with van der Waals surface area (Å²) in [5.41, 5.74) is 1.77. The molecule has 0 atom stereocenters. The first-order chi connectivity index (χ1) is 9.20. The van der Waals surface area contributed by atoms with Crippen LogP contribution in [0.3, 0.4) is 0 Å². The van der Waals surface area contributed by atoms with Gasteiger partial charge in [0.15, 0.2) is 0 Å². The molecule has 1 N–H and O–H groups in total. The van der Waals surface area contributed by atoms with Crippen molar-refractivity contribution in [2.75, 3.05) is 5.32 Å². The molecule has 0 unspecified atom stereocenters. The second kappa shape index (κ2) is 4.77. The van der Waals surface area contributed by atoms with E-state index in [4.69, 9.17) is 4.52 Å². The minimum absolute atomic E-state index is 0.355. The number of thiophene rings is 1. The quantitative estimate of drug-likeness (QED) is 0.790. The fourth-order valence-corrected chi connectivity index (χ4v) is 2.30. The van der Waals surface area contributed by atoms with Crippen molar-refractivity contribution in [1.82, 2.24) is 20.1 Å². The summed E-state index contributed by atoms with van der Waals surface area (Å²) in [5.74, 6) is 1.31. The van der Waals surface area contributed by atoms with E-state index in [9.17, 15) is 0 Å². The molecule has 19 heavy (non-hydrogen) atoms. The van der Waals surface area contributed by atoms with Gasteiger partial charge >= 0.3 is 0 Å². The van der Waals surface area contributed by atoms with Crippen LogP contribution in [-0.4, -0.2) is 20.1 Å². The third-order valence-corrected chi connectivity index (χ3v) is 3.22. The van der Waals surface area contributed by atoms with Gasteiger partial charge in [-0.15, -0.1) is 11.3 Å². The number of nitrogens with one attached hydrogen (secondary N) is 1. The minimum Gasteiger partial charge on any atom is -0.331 e. The fraction of sp³-hybridized carbons (Fsp3) is 0.167. The molecule has 6 nitrogen and oxygen atoms in total. The van der Waals surface area contributed by atoms with Crippen LogP contribution in [0.25, 0.3) is 10.8 Å². The zero-order valence-corrected chi connectivity index (χ0v) is 11.2. The van der Waals surface area contributed by atoms with Gasteiger partial charge in [-0.3, -0.25) is 5.32 Å². The van der Waals surface area contributed by atoms with Gasteiger partial charge in [-0.25, -0.2) is 9.97 Å². The van der Waals surface area contributed by atoms with Gasteiger partial charge in [-0.1, -0.05) is 6.07 Å². The Morgan fingerprint density at radius 1 is 1.11 bits per heavy atom. The van der Waals surface area contributed by atoms with Gasteiger partial charge in [0.25, 0.3) is 11.8 Å². The van der Waals surface area contributed by atoms with E-state index in [0.29, 0.717) is 17.8 Å². The first-order valence-corrected chi connectivity index (χ1v) is 6.55. The Labute approximate surface area is 113 Å². The molecule has 0 bridgehead atoms. The Hall–Kier alpha value is -2.28. The number of hydrogen-bond donors (Lipinski definition) is 1.